The predicted octanol–water partition coefficient (Wildman–Crippen LogP) is 3.88. The van der Waals surface area contributed by atoms with Gasteiger partial charge in [0.15, 0.2) is 10.6 Å². The minimum absolute atomic E-state index is 0.128. The van der Waals surface area contributed by atoms with Crippen LogP contribution in [0.4, 0.5) is 8.78 Å². The lowest BCUT2D eigenvalue weighted by molar-refractivity contribution is -0.118. The molecule has 1 aliphatic carbocycles. The first kappa shape index (κ1) is 20.7. The van der Waals surface area contributed by atoms with Gasteiger partial charge in [0.1, 0.15) is 11.6 Å². The van der Waals surface area contributed by atoms with E-state index in [1.54, 1.807) is 36.4 Å². The number of allylic oxidation sites excluding steroid dienone is 2. The van der Waals surface area contributed by atoms with Gasteiger partial charge in [0.2, 0.25) is 0 Å². The number of hydrogen-bond acceptors (Lipinski definition) is 4. The Labute approximate surface area is 186 Å². The average molecular weight is 451 g/mol. The molecule has 1 aromatic heterocycles. The maximum absolute atomic E-state index is 14.9. The van der Waals surface area contributed by atoms with Crippen LogP contribution >= 0.6 is 11.3 Å². The average Bonchev–Trinajstić information content (AvgIpc) is 3.03. The fourth-order valence-electron chi connectivity index (χ4n) is 4.47. The van der Waals surface area contributed by atoms with Crippen molar-refractivity contribution in [3.63, 3.8) is 0 Å². The van der Waals surface area contributed by atoms with Gasteiger partial charge in [-0.1, -0.05) is 61.6 Å². The lowest BCUT2D eigenvalue weighted by Crippen LogP contribution is -2.42. The number of thiazole rings is 1. The van der Waals surface area contributed by atoms with Crippen molar-refractivity contribution in [1.29, 1.82) is 0 Å². The minimum atomic E-state index is -0.895. The maximum Gasteiger partial charge on any atom is 0.271 e. The van der Waals surface area contributed by atoms with Gasteiger partial charge in [-0.05, 0) is 30.0 Å². The maximum atomic E-state index is 14.9. The zero-order valence-electron chi connectivity index (χ0n) is 17.6. The summed E-state index contributed by atoms with van der Waals surface area (Å²) in [4.78, 5) is 31.7. The quantitative estimate of drug-likeness (QED) is 0.595. The third-order valence-corrected chi connectivity index (χ3v) is 6.87. The number of Topliss-reactive ketones (excluding diaryl/α,β-unsaturated/α-hetero) is 1. The fraction of sp³-hybridized carbons (Fsp3) is 0.240. The molecule has 32 heavy (non-hydrogen) atoms. The van der Waals surface area contributed by atoms with E-state index in [1.165, 1.54) is 22.8 Å². The van der Waals surface area contributed by atoms with Crippen molar-refractivity contribution < 1.29 is 13.6 Å². The highest BCUT2D eigenvalue weighted by Crippen LogP contribution is 2.43. The third-order valence-electron chi connectivity index (χ3n) is 5.89. The molecule has 2 aliphatic rings. The van der Waals surface area contributed by atoms with E-state index in [1.807, 2.05) is 13.8 Å². The molecule has 3 aromatic rings. The summed E-state index contributed by atoms with van der Waals surface area (Å²) < 4.78 is 30.8. The van der Waals surface area contributed by atoms with Crippen molar-refractivity contribution in [1.82, 2.24) is 4.57 Å². The number of carbonyl (C=O) groups excluding carboxylic acids is 1. The van der Waals surface area contributed by atoms with E-state index >= 15 is 0 Å². The first-order valence-electron chi connectivity index (χ1n) is 10.3. The first-order valence-corrected chi connectivity index (χ1v) is 11.1. The Morgan fingerprint density at radius 2 is 1.72 bits per heavy atom. The summed E-state index contributed by atoms with van der Waals surface area (Å²) in [6, 6.07) is 11.4. The summed E-state index contributed by atoms with van der Waals surface area (Å²) in [5, 5.41) is 0. The van der Waals surface area contributed by atoms with Gasteiger partial charge >= 0.3 is 0 Å². The molecule has 2 aromatic carbocycles. The Bertz CT molecular complexity index is 1480. The molecular formula is C25H20F2N2O2S. The first-order chi connectivity index (χ1) is 15.2. The number of benzene rings is 2. The SMILES string of the molecule is CC1(C)CC(=O)C2=C(C1)N=c1sc(=Cc3ccccc3F)c(=O)n1C2c1ccccc1F. The smallest absolute Gasteiger partial charge is 0.271 e. The molecule has 4 nitrogen and oxygen atoms in total. The van der Waals surface area contributed by atoms with E-state index in [4.69, 9.17) is 0 Å². The van der Waals surface area contributed by atoms with Crippen LogP contribution in [0.2, 0.25) is 0 Å². The monoisotopic (exact) mass is 450 g/mol. The van der Waals surface area contributed by atoms with Crippen LogP contribution in [0.5, 0.6) is 0 Å². The van der Waals surface area contributed by atoms with Crippen LogP contribution < -0.4 is 14.9 Å². The topological polar surface area (TPSA) is 51.4 Å². The molecular weight excluding hydrogens is 430 g/mol. The van der Waals surface area contributed by atoms with Gasteiger partial charge in [-0.25, -0.2) is 13.8 Å². The van der Waals surface area contributed by atoms with Gasteiger partial charge in [0.25, 0.3) is 5.56 Å². The van der Waals surface area contributed by atoms with Gasteiger partial charge in [0, 0.05) is 23.1 Å². The van der Waals surface area contributed by atoms with Crippen LogP contribution in [0.25, 0.3) is 6.08 Å². The van der Waals surface area contributed by atoms with Gasteiger partial charge in [0.05, 0.1) is 16.3 Å². The molecule has 0 saturated heterocycles. The van der Waals surface area contributed by atoms with Crippen LogP contribution in [0, 0.1) is 17.0 Å². The van der Waals surface area contributed by atoms with E-state index in [2.05, 4.69) is 4.99 Å². The molecule has 0 fully saturated rings. The fourth-order valence-corrected chi connectivity index (χ4v) is 5.48. The molecule has 2 heterocycles. The van der Waals surface area contributed by atoms with E-state index in [0.29, 0.717) is 28.9 Å². The van der Waals surface area contributed by atoms with E-state index < -0.39 is 23.2 Å². The zero-order chi connectivity index (χ0) is 22.6. The Balaban J connectivity index is 1.81. The molecule has 1 aliphatic heterocycles. The highest BCUT2D eigenvalue weighted by molar-refractivity contribution is 7.07. The molecule has 1 atom stereocenters. The molecule has 0 N–H and O–H groups in total. The molecule has 0 bridgehead atoms. The summed E-state index contributed by atoms with van der Waals surface area (Å²) in [5.74, 6) is -1.07. The highest BCUT2D eigenvalue weighted by atomic mass is 32.1. The largest absolute Gasteiger partial charge is 0.294 e. The number of carbonyl (C=O) groups is 1. The van der Waals surface area contributed by atoms with Crippen molar-refractivity contribution in [3.05, 3.63) is 102 Å². The van der Waals surface area contributed by atoms with Crippen molar-refractivity contribution >= 4 is 23.2 Å². The van der Waals surface area contributed by atoms with Crippen LogP contribution in [0.15, 0.2) is 69.6 Å². The summed E-state index contributed by atoms with van der Waals surface area (Å²) in [7, 11) is 0. The number of aromatic nitrogens is 1. The number of fused-ring (bicyclic) bond motifs is 1. The van der Waals surface area contributed by atoms with Crippen LogP contribution in [0.3, 0.4) is 0 Å². The number of nitrogens with zero attached hydrogens (tertiary/aromatic N) is 2. The lowest BCUT2D eigenvalue weighted by atomic mass is 9.73. The Morgan fingerprint density at radius 1 is 1.03 bits per heavy atom. The summed E-state index contributed by atoms with van der Waals surface area (Å²) >= 11 is 1.12. The second kappa shape index (κ2) is 7.45. The predicted molar refractivity (Wildman–Crippen MR) is 119 cm³/mol. The van der Waals surface area contributed by atoms with Gasteiger partial charge in [-0.3, -0.25) is 14.2 Å². The Kier molecular flexibility index (Phi) is 4.82. The van der Waals surface area contributed by atoms with E-state index in [-0.39, 0.29) is 26.9 Å². The van der Waals surface area contributed by atoms with Crippen LogP contribution in [0.1, 0.15) is 43.9 Å². The Morgan fingerprint density at radius 3 is 2.44 bits per heavy atom. The van der Waals surface area contributed by atoms with Crippen molar-refractivity contribution in [2.75, 3.05) is 0 Å². The second-order valence-corrected chi connectivity index (χ2v) is 9.94. The summed E-state index contributed by atoms with van der Waals surface area (Å²) in [5.41, 5.74) is 0.802. The molecule has 0 radical (unpaired) electrons. The van der Waals surface area contributed by atoms with Gasteiger partial charge in [-0.2, -0.15) is 0 Å². The molecule has 0 amide bonds. The standard InChI is InChI=1S/C25H20F2N2O2S/c1-25(2)12-18-21(19(30)13-25)22(15-8-4-6-10-17(15)27)29-23(31)20(32-24(29)28-18)11-14-7-3-5-9-16(14)26/h3-11,22H,12-13H2,1-2H3. The van der Waals surface area contributed by atoms with Crippen LogP contribution in [-0.2, 0) is 4.79 Å². The third kappa shape index (κ3) is 3.37. The molecule has 162 valence electrons. The van der Waals surface area contributed by atoms with Gasteiger partial charge in [-0.15, -0.1) is 0 Å². The van der Waals surface area contributed by atoms with E-state index in [0.717, 1.165) is 11.3 Å². The number of halogens is 2. The van der Waals surface area contributed by atoms with Gasteiger partial charge < -0.3 is 0 Å². The molecule has 5 rings (SSSR count). The molecule has 1 unspecified atom stereocenters. The minimum Gasteiger partial charge on any atom is -0.294 e. The normalized spacial score (nSPS) is 20.1. The number of rotatable bonds is 2. The second-order valence-electron chi connectivity index (χ2n) is 8.93. The highest BCUT2D eigenvalue weighted by Gasteiger charge is 2.41. The van der Waals surface area contributed by atoms with Crippen LogP contribution in [-0.4, -0.2) is 10.4 Å². The number of ketones is 1. The molecule has 0 spiro atoms. The van der Waals surface area contributed by atoms with Crippen molar-refractivity contribution in [2.24, 2.45) is 10.4 Å². The Hall–Kier alpha value is -3.19. The molecule has 7 heteroatoms. The number of hydrogen-bond donors (Lipinski definition) is 0. The zero-order valence-corrected chi connectivity index (χ0v) is 18.4. The molecule has 0 saturated carbocycles. The van der Waals surface area contributed by atoms with E-state index in [9.17, 15) is 18.4 Å². The summed E-state index contributed by atoms with van der Waals surface area (Å²) in [6.07, 6.45) is 2.33. The van der Waals surface area contributed by atoms with Crippen molar-refractivity contribution in [2.45, 2.75) is 32.7 Å². The van der Waals surface area contributed by atoms with Crippen molar-refractivity contribution in [3.8, 4) is 0 Å². The lowest BCUT2D eigenvalue weighted by Gasteiger charge is -2.35. The summed E-state index contributed by atoms with van der Waals surface area (Å²) in [6.45, 7) is 3.99.